The second kappa shape index (κ2) is 5.42. The van der Waals surface area contributed by atoms with Crippen molar-refractivity contribution in [3.05, 3.63) is 29.8 Å². The Morgan fingerprint density at radius 1 is 1.11 bits per heavy atom. The number of methoxy groups -OCH3 is 1. The predicted octanol–water partition coefficient (Wildman–Crippen LogP) is 1.94. The molecule has 2 rings (SSSR count). The number of halogens is 2. The fourth-order valence-corrected chi connectivity index (χ4v) is 1.33. The molecule has 100 valence electrons. The summed E-state index contributed by atoms with van der Waals surface area (Å²) in [7, 11) is 3.00. The van der Waals surface area contributed by atoms with E-state index in [4.69, 9.17) is 4.74 Å². The number of anilines is 3. The van der Waals surface area contributed by atoms with Crippen LogP contribution in [0.2, 0.25) is 0 Å². The number of benzene rings is 1. The Balaban J connectivity index is 2.34. The molecule has 0 saturated heterocycles. The smallest absolute Gasteiger partial charge is 0.322 e. The maximum atomic E-state index is 13.5. The summed E-state index contributed by atoms with van der Waals surface area (Å²) in [5.74, 6) is -0.905. The Labute approximate surface area is 107 Å². The molecule has 0 aliphatic rings. The van der Waals surface area contributed by atoms with Crippen LogP contribution in [0.5, 0.6) is 6.01 Å². The quantitative estimate of drug-likeness (QED) is 0.882. The van der Waals surface area contributed by atoms with Gasteiger partial charge in [-0.15, -0.1) is 0 Å². The van der Waals surface area contributed by atoms with E-state index in [2.05, 4.69) is 25.6 Å². The van der Waals surface area contributed by atoms with E-state index in [9.17, 15) is 8.78 Å². The van der Waals surface area contributed by atoms with Gasteiger partial charge in [-0.3, -0.25) is 0 Å². The number of ether oxygens (including phenoxy) is 1. The maximum absolute atomic E-state index is 13.5. The Morgan fingerprint density at radius 2 is 1.84 bits per heavy atom. The van der Waals surface area contributed by atoms with Crippen molar-refractivity contribution in [2.75, 3.05) is 24.8 Å². The fraction of sp³-hybridized carbons (Fsp3) is 0.182. The largest absolute Gasteiger partial charge is 0.467 e. The van der Waals surface area contributed by atoms with E-state index in [1.807, 2.05) is 0 Å². The molecule has 0 bridgehead atoms. The number of aromatic nitrogens is 3. The van der Waals surface area contributed by atoms with Gasteiger partial charge in [0.2, 0.25) is 11.9 Å². The zero-order valence-electron chi connectivity index (χ0n) is 10.2. The van der Waals surface area contributed by atoms with Crippen LogP contribution in [-0.2, 0) is 0 Å². The number of nitrogens with one attached hydrogen (secondary N) is 2. The van der Waals surface area contributed by atoms with E-state index in [1.165, 1.54) is 7.11 Å². The van der Waals surface area contributed by atoms with Crippen LogP contribution in [0.15, 0.2) is 18.2 Å². The molecule has 0 radical (unpaired) electrons. The van der Waals surface area contributed by atoms with Crippen LogP contribution in [0.3, 0.4) is 0 Å². The summed E-state index contributed by atoms with van der Waals surface area (Å²) >= 11 is 0. The third-order valence-electron chi connectivity index (χ3n) is 2.20. The van der Waals surface area contributed by atoms with Crippen molar-refractivity contribution in [3.8, 4) is 6.01 Å². The summed E-state index contributed by atoms with van der Waals surface area (Å²) in [4.78, 5) is 11.7. The molecule has 1 aromatic carbocycles. The van der Waals surface area contributed by atoms with Crippen molar-refractivity contribution in [1.82, 2.24) is 15.0 Å². The van der Waals surface area contributed by atoms with Crippen LogP contribution in [0.4, 0.5) is 26.4 Å². The molecule has 0 spiro atoms. The first-order chi connectivity index (χ1) is 9.12. The average Bonchev–Trinajstić information content (AvgIpc) is 2.42. The van der Waals surface area contributed by atoms with Gasteiger partial charge in [0.25, 0.3) is 0 Å². The van der Waals surface area contributed by atoms with Crippen LogP contribution < -0.4 is 15.4 Å². The van der Waals surface area contributed by atoms with E-state index < -0.39 is 11.6 Å². The molecule has 2 aromatic rings. The molecular formula is C11H11F2N5O. The number of hydrogen-bond acceptors (Lipinski definition) is 6. The summed E-state index contributed by atoms with van der Waals surface area (Å²) in [6.07, 6.45) is 0. The monoisotopic (exact) mass is 267 g/mol. The standard InChI is InChI=1S/C11H11F2N5O/c1-14-9-16-10(18-11(17-9)19-2)15-8-5-6(12)3-4-7(8)13/h3-5H,1-2H3,(H2,14,15,16,17,18). The molecule has 2 N–H and O–H groups in total. The topological polar surface area (TPSA) is 72.0 Å². The van der Waals surface area contributed by atoms with Gasteiger partial charge in [-0.05, 0) is 12.1 Å². The first-order valence-electron chi connectivity index (χ1n) is 5.32. The molecule has 0 fully saturated rings. The maximum Gasteiger partial charge on any atom is 0.322 e. The molecule has 0 aliphatic heterocycles. The van der Waals surface area contributed by atoms with Crippen molar-refractivity contribution in [3.63, 3.8) is 0 Å². The Hall–Kier alpha value is -2.51. The van der Waals surface area contributed by atoms with E-state index >= 15 is 0 Å². The van der Waals surface area contributed by atoms with E-state index in [-0.39, 0.29) is 23.6 Å². The van der Waals surface area contributed by atoms with Gasteiger partial charge >= 0.3 is 6.01 Å². The number of rotatable bonds is 4. The van der Waals surface area contributed by atoms with Crippen LogP contribution in [0, 0.1) is 11.6 Å². The van der Waals surface area contributed by atoms with Crippen LogP contribution in [0.1, 0.15) is 0 Å². The molecule has 0 unspecified atom stereocenters. The first kappa shape index (κ1) is 12.9. The highest BCUT2D eigenvalue weighted by Gasteiger charge is 2.09. The summed E-state index contributed by atoms with van der Waals surface area (Å²) < 4.78 is 31.4. The van der Waals surface area contributed by atoms with Gasteiger partial charge in [-0.2, -0.15) is 15.0 Å². The minimum Gasteiger partial charge on any atom is -0.467 e. The molecular weight excluding hydrogens is 256 g/mol. The third-order valence-corrected chi connectivity index (χ3v) is 2.20. The molecule has 8 heteroatoms. The van der Waals surface area contributed by atoms with Gasteiger partial charge in [-0.1, -0.05) is 0 Å². The molecule has 0 amide bonds. The lowest BCUT2D eigenvalue weighted by atomic mass is 10.3. The van der Waals surface area contributed by atoms with Crippen LogP contribution in [0.25, 0.3) is 0 Å². The van der Waals surface area contributed by atoms with Gasteiger partial charge in [0, 0.05) is 13.1 Å². The highest BCUT2D eigenvalue weighted by molar-refractivity contribution is 5.55. The van der Waals surface area contributed by atoms with E-state index in [1.54, 1.807) is 7.05 Å². The highest BCUT2D eigenvalue weighted by atomic mass is 19.1. The SMILES string of the molecule is CNc1nc(Nc2cc(F)ccc2F)nc(OC)n1. The second-order valence-corrected chi connectivity index (χ2v) is 3.47. The highest BCUT2D eigenvalue weighted by Crippen LogP contribution is 2.20. The minimum absolute atomic E-state index is 0.0423. The Bertz CT molecular complexity index is 571. The zero-order chi connectivity index (χ0) is 13.8. The first-order valence-corrected chi connectivity index (χ1v) is 5.32. The van der Waals surface area contributed by atoms with Gasteiger partial charge in [0.15, 0.2) is 0 Å². The lowest BCUT2D eigenvalue weighted by Crippen LogP contribution is -2.06. The molecule has 1 aromatic heterocycles. The van der Waals surface area contributed by atoms with Crippen molar-refractivity contribution < 1.29 is 13.5 Å². The zero-order valence-corrected chi connectivity index (χ0v) is 10.2. The molecule has 0 atom stereocenters. The molecule has 0 aliphatic carbocycles. The van der Waals surface area contributed by atoms with Crippen molar-refractivity contribution in [2.24, 2.45) is 0 Å². The summed E-state index contributed by atoms with van der Waals surface area (Å²) in [5.41, 5.74) is -0.0738. The van der Waals surface area contributed by atoms with Gasteiger partial charge in [0.05, 0.1) is 12.8 Å². The van der Waals surface area contributed by atoms with Crippen LogP contribution in [-0.4, -0.2) is 29.1 Å². The lowest BCUT2D eigenvalue weighted by Gasteiger charge is -2.08. The van der Waals surface area contributed by atoms with E-state index in [0.717, 1.165) is 18.2 Å². The van der Waals surface area contributed by atoms with Gasteiger partial charge in [0.1, 0.15) is 11.6 Å². The minimum atomic E-state index is -0.619. The summed E-state index contributed by atoms with van der Waals surface area (Å²) in [6, 6.07) is 3.09. The van der Waals surface area contributed by atoms with Crippen molar-refractivity contribution >= 4 is 17.6 Å². The molecule has 19 heavy (non-hydrogen) atoms. The second-order valence-electron chi connectivity index (χ2n) is 3.47. The Kier molecular flexibility index (Phi) is 3.69. The lowest BCUT2D eigenvalue weighted by molar-refractivity contribution is 0.379. The number of hydrogen-bond donors (Lipinski definition) is 2. The average molecular weight is 267 g/mol. The normalized spacial score (nSPS) is 10.1. The summed E-state index contributed by atoms with van der Waals surface area (Å²) in [5, 5.41) is 5.27. The predicted molar refractivity (Wildman–Crippen MR) is 65.6 cm³/mol. The molecule has 6 nitrogen and oxygen atoms in total. The molecule has 1 heterocycles. The third kappa shape index (κ3) is 3.03. The fourth-order valence-electron chi connectivity index (χ4n) is 1.33. The van der Waals surface area contributed by atoms with Crippen molar-refractivity contribution in [1.29, 1.82) is 0 Å². The number of nitrogens with zero attached hydrogens (tertiary/aromatic N) is 3. The van der Waals surface area contributed by atoms with Gasteiger partial charge < -0.3 is 15.4 Å². The Morgan fingerprint density at radius 3 is 2.53 bits per heavy atom. The summed E-state index contributed by atoms with van der Waals surface area (Å²) in [6.45, 7) is 0. The van der Waals surface area contributed by atoms with Gasteiger partial charge in [-0.25, -0.2) is 8.78 Å². The van der Waals surface area contributed by atoms with E-state index in [0.29, 0.717) is 0 Å². The van der Waals surface area contributed by atoms with Crippen molar-refractivity contribution in [2.45, 2.75) is 0 Å². The molecule has 0 saturated carbocycles. The van der Waals surface area contributed by atoms with Crippen LogP contribution >= 0.6 is 0 Å².